The van der Waals surface area contributed by atoms with Gasteiger partial charge >= 0.3 is 0 Å². The fraction of sp³-hybridized carbons (Fsp3) is 0.667. The Bertz CT molecular complexity index is 405. The first-order valence-electron chi connectivity index (χ1n) is 7.17. The van der Waals surface area contributed by atoms with Crippen molar-refractivity contribution in [3.8, 4) is 0 Å². The second-order valence-electron chi connectivity index (χ2n) is 5.68. The highest BCUT2D eigenvalue weighted by Crippen LogP contribution is 2.30. The van der Waals surface area contributed by atoms with E-state index in [2.05, 4.69) is 47.2 Å². The Labute approximate surface area is 116 Å². The summed E-state index contributed by atoms with van der Waals surface area (Å²) in [4.78, 5) is 9.41. The van der Waals surface area contributed by atoms with Crippen LogP contribution in [0.4, 0.5) is 5.82 Å². The highest BCUT2D eigenvalue weighted by atomic mass is 15.3. The standard InChI is InChI=1S/C15H26N4/c1-12(16-2)14-8-5-9-17-15(14)19-10-6-7-13(19)11-18(3)4/h5,8-9,12-13,16H,6-7,10-11H2,1-4H3. The van der Waals surface area contributed by atoms with Crippen molar-refractivity contribution in [1.82, 2.24) is 15.2 Å². The van der Waals surface area contributed by atoms with Crippen molar-refractivity contribution >= 4 is 5.82 Å². The zero-order valence-corrected chi connectivity index (χ0v) is 12.6. The molecule has 4 nitrogen and oxygen atoms in total. The van der Waals surface area contributed by atoms with E-state index in [9.17, 15) is 0 Å². The van der Waals surface area contributed by atoms with Crippen LogP contribution in [0.2, 0.25) is 0 Å². The molecule has 0 aliphatic carbocycles. The lowest BCUT2D eigenvalue weighted by Crippen LogP contribution is -2.38. The van der Waals surface area contributed by atoms with Gasteiger partial charge in [-0.2, -0.15) is 0 Å². The second kappa shape index (κ2) is 6.35. The molecule has 0 radical (unpaired) electrons. The van der Waals surface area contributed by atoms with Gasteiger partial charge in [-0.15, -0.1) is 0 Å². The molecule has 2 rings (SSSR count). The maximum atomic E-state index is 4.65. The van der Waals surface area contributed by atoms with Crippen molar-refractivity contribution in [1.29, 1.82) is 0 Å². The molecule has 0 bridgehead atoms. The van der Waals surface area contributed by atoms with Crippen LogP contribution in [0.1, 0.15) is 31.4 Å². The van der Waals surface area contributed by atoms with Gasteiger partial charge in [0, 0.05) is 36.9 Å². The predicted molar refractivity (Wildman–Crippen MR) is 80.6 cm³/mol. The maximum Gasteiger partial charge on any atom is 0.133 e. The molecule has 2 unspecified atom stereocenters. The average molecular weight is 262 g/mol. The number of pyridine rings is 1. The highest BCUT2D eigenvalue weighted by Gasteiger charge is 2.28. The molecule has 0 spiro atoms. The largest absolute Gasteiger partial charge is 0.352 e. The van der Waals surface area contributed by atoms with Crippen molar-refractivity contribution in [2.45, 2.75) is 31.8 Å². The molecular formula is C15H26N4. The van der Waals surface area contributed by atoms with Crippen LogP contribution in [0.15, 0.2) is 18.3 Å². The minimum atomic E-state index is 0.337. The number of hydrogen-bond donors (Lipinski definition) is 1. The summed E-state index contributed by atoms with van der Waals surface area (Å²) in [7, 11) is 6.29. The Morgan fingerprint density at radius 3 is 3.00 bits per heavy atom. The molecule has 1 fully saturated rings. The SMILES string of the molecule is CNC(C)c1cccnc1N1CCCC1CN(C)C. The summed E-state index contributed by atoms with van der Waals surface area (Å²) in [5, 5.41) is 3.32. The smallest absolute Gasteiger partial charge is 0.133 e. The maximum absolute atomic E-state index is 4.65. The molecule has 106 valence electrons. The van der Waals surface area contributed by atoms with Gasteiger partial charge in [0.15, 0.2) is 0 Å². The van der Waals surface area contributed by atoms with Gasteiger partial charge in [0.05, 0.1) is 0 Å². The topological polar surface area (TPSA) is 31.4 Å². The lowest BCUT2D eigenvalue weighted by molar-refractivity contribution is 0.371. The van der Waals surface area contributed by atoms with Gasteiger partial charge in [-0.25, -0.2) is 4.98 Å². The second-order valence-corrected chi connectivity index (χ2v) is 5.68. The van der Waals surface area contributed by atoms with Crippen LogP contribution in [-0.2, 0) is 0 Å². The van der Waals surface area contributed by atoms with Crippen LogP contribution in [0.25, 0.3) is 0 Å². The van der Waals surface area contributed by atoms with E-state index in [0.29, 0.717) is 12.1 Å². The number of rotatable bonds is 5. The Kier molecular flexibility index (Phi) is 4.77. The number of hydrogen-bond acceptors (Lipinski definition) is 4. The molecular weight excluding hydrogens is 236 g/mol. The van der Waals surface area contributed by atoms with Crippen LogP contribution in [0.5, 0.6) is 0 Å². The third-order valence-corrected chi connectivity index (χ3v) is 3.94. The third kappa shape index (κ3) is 3.25. The fourth-order valence-electron chi connectivity index (χ4n) is 2.87. The van der Waals surface area contributed by atoms with Crippen LogP contribution in [0.3, 0.4) is 0 Å². The lowest BCUT2D eigenvalue weighted by atomic mass is 10.1. The van der Waals surface area contributed by atoms with E-state index in [4.69, 9.17) is 0 Å². The van der Waals surface area contributed by atoms with Gasteiger partial charge in [-0.05, 0) is 47.0 Å². The number of anilines is 1. The summed E-state index contributed by atoms with van der Waals surface area (Å²) in [6, 6.07) is 5.15. The third-order valence-electron chi connectivity index (χ3n) is 3.94. The van der Waals surface area contributed by atoms with Crippen molar-refractivity contribution < 1.29 is 0 Å². The molecule has 1 aromatic heterocycles. The summed E-state index contributed by atoms with van der Waals surface area (Å²) in [5.74, 6) is 1.16. The van der Waals surface area contributed by atoms with Gasteiger partial charge in [-0.3, -0.25) is 0 Å². The van der Waals surface area contributed by atoms with Gasteiger partial charge in [0.25, 0.3) is 0 Å². The Hall–Kier alpha value is -1.13. The van der Waals surface area contributed by atoms with E-state index in [-0.39, 0.29) is 0 Å². The molecule has 0 aromatic carbocycles. The zero-order chi connectivity index (χ0) is 13.8. The quantitative estimate of drug-likeness (QED) is 0.878. The minimum Gasteiger partial charge on any atom is -0.352 e. The first-order chi connectivity index (χ1) is 9.13. The molecule has 0 amide bonds. The van der Waals surface area contributed by atoms with E-state index in [0.717, 1.165) is 18.9 Å². The van der Waals surface area contributed by atoms with E-state index >= 15 is 0 Å². The van der Waals surface area contributed by atoms with Crippen LogP contribution in [-0.4, -0.2) is 50.2 Å². The van der Waals surface area contributed by atoms with Crippen LogP contribution >= 0.6 is 0 Å². The lowest BCUT2D eigenvalue weighted by Gasteiger charge is -2.30. The molecule has 1 aliphatic heterocycles. The fourth-order valence-corrected chi connectivity index (χ4v) is 2.87. The summed E-state index contributed by atoms with van der Waals surface area (Å²) < 4.78 is 0. The molecule has 0 saturated carbocycles. The predicted octanol–water partition coefficient (Wildman–Crippen LogP) is 1.89. The Morgan fingerprint density at radius 1 is 1.53 bits per heavy atom. The number of nitrogens with zero attached hydrogens (tertiary/aromatic N) is 3. The normalized spacial score (nSPS) is 21.1. The van der Waals surface area contributed by atoms with Crippen molar-refractivity contribution in [2.75, 3.05) is 39.1 Å². The molecule has 1 saturated heterocycles. The van der Waals surface area contributed by atoms with Gasteiger partial charge < -0.3 is 15.1 Å². The van der Waals surface area contributed by atoms with Gasteiger partial charge in [0.2, 0.25) is 0 Å². The first kappa shape index (κ1) is 14.3. The number of likely N-dealkylation sites (N-methyl/N-ethyl adjacent to an activating group) is 1. The minimum absolute atomic E-state index is 0.337. The van der Waals surface area contributed by atoms with Crippen molar-refractivity contribution in [3.05, 3.63) is 23.9 Å². The molecule has 1 N–H and O–H groups in total. The van der Waals surface area contributed by atoms with Crippen molar-refractivity contribution in [2.24, 2.45) is 0 Å². The van der Waals surface area contributed by atoms with Crippen LogP contribution < -0.4 is 10.2 Å². The molecule has 1 aromatic rings. The molecule has 1 aliphatic rings. The van der Waals surface area contributed by atoms with E-state index < -0.39 is 0 Å². The van der Waals surface area contributed by atoms with Gasteiger partial charge in [-0.1, -0.05) is 6.07 Å². The summed E-state index contributed by atoms with van der Waals surface area (Å²) in [6.45, 7) is 4.42. The highest BCUT2D eigenvalue weighted by molar-refractivity contribution is 5.50. The summed E-state index contributed by atoms with van der Waals surface area (Å²) in [5.41, 5.74) is 1.30. The average Bonchev–Trinajstić information content (AvgIpc) is 2.85. The Balaban J connectivity index is 2.25. The summed E-state index contributed by atoms with van der Waals surface area (Å²) >= 11 is 0. The van der Waals surface area contributed by atoms with E-state index in [1.807, 2.05) is 19.3 Å². The van der Waals surface area contributed by atoms with E-state index in [1.165, 1.54) is 18.4 Å². The van der Waals surface area contributed by atoms with Crippen LogP contribution in [0, 0.1) is 0 Å². The molecule has 2 heterocycles. The number of aromatic nitrogens is 1. The summed E-state index contributed by atoms with van der Waals surface area (Å²) in [6.07, 6.45) is 4.44. The monoisotopic (exact) mass is 262 g/mol. The first-order valence-corrected chi connectivity index (χ1v) is 7.17. The zero-order valence-electron chi connectivity index (χ0n) is 12.6. The van der Waals surface area contributed by atoms with Gasteiger partial charge in [0.1, 0.15) is 5.82 Å². The Morgan fingerprint density at radius 2 is 2.32 bits per heavy atom. The molecule has 4 heteroatoms. The van der Waals surface area contributed by atoms with E-state index in [1.54, 1.807) is 0 Å². The molecule has 19 heavy (non-hydrogen) atoms. The van der Waals surface area contributed by atoms with Crippen molar-refractivity contribution in [3.63, 3.8) is 0 Å². The number of nitrogens with one attached hydrogen (secondary N) is 1. The molecule has 2 atom stereocenters.